The highest BCUT2D eigenvalue weighted by molar-refractivity contribution is 4.95. The SMILES string of the molecule is C=C(CC)CC(O)CC1CC(OCC)C1. The van der Waals surface area contributed by atoms with Gasteiger partial charge in [-0.1, -0.05) is 19.1 Å². The highest BCUT2D eigenvalue weighted by atomic mass is 16.5. The molecule has 1 atom stereocenters. The van der Waals surface area contributed by atoms with Crippen molar-refractivity contribution in [1.82, 2.24) is 0 Å². The lowest BCUT2D eigenvalue weighted by atomic mass is 9.78. The van der Waals surface area contributed by atoms with E-state index < -0.39 is 0 Å². The second kappa shape index (κ2) is 6.29. The van der Waals surface area contributed by atoms with Crippen LogP contribution in [-0.2, 0) is 4.74 Å². The van der Waals surface area contributed by atoms with Crippen molar-refractivity contribution in [2.45, 2.75) is 58.2 Å². The maximum Gasteiger partial charge on any atom is 0.0580 e. The molecule has 1 fully saturated rings. The van der Waals surface area contributed by atoms with Crippen molar-refractivity contribution in [3.63, 3.8) is 0 Å². The minimum Gasteiger partial charge on any atom is -0.393 e. The molecule has 0 aromatic heterocycles. The molecule has 1 unspecified atom stereocenters. The summed E-state index contributed by atoms with van der Waals surface area (Å²) < 4.78 is 5.49. The van der Waals surface area contributed by atoms with Gasteiger partial charge in [0.05, 0.1) is 12.2 Å². The minimum absolute atomic E-state index is 0.190. The van der Waals surface area contributed by atoms with Crippen LogP contribution in [0, 0.1) is 5.92 Å². The van der Waals surface area contributed by atoms with E-state index in [0.29, 0.717) is 12.0 Å². The Bertz CT molecular complexity index is 195. The van der Waals surface area contributed by atoms with Gasteiger partial charge in [0.15, 0.2) is 0 Å². The van der Waals surface area contributed by atoms with Gasteiger partial charge < -0.3 is 9.84 Å². The molecule has 0 heterocycles. The Labute approximate surface area is 93.3 Å². The van der Waals surface area contributed by atoms with Crippen LogP contribution in [0.25, 0.3) is 0 Å². The summed E-state index contributed by atoms with van der Waals surface area (Å²) >= 11 is 0. The van der Waals surface area contributed by atoms with Gasteiger partial charge in [0, 0.05) is 6.61 Å². The Morgan fingerprint density at radius 2 is 2.13 bits per heavy atom. The van der Waals surface area contributed by atoms with Crippen LogP contribution in [0.5, 0.6) is 0 Å². The van der Waals surface area contributed by atoms with Crippen LogP contribution in [-0.4, -0.2) is 23.9 Å². The van der Waals surface area contributed by atoms with Gasteiger partial charge in [-0.05, 0) is 44.9 Å². The predicted molar refractivity (Wildman–Crippen MR) is 62.8 cm³/mol. The van der Waals surface area contributed by atoms with Crippen molar-refractivity contribution >= 4 is 0 Å². The Morgan fingerprint density at radius 3 is 2.67 bits per heavy atom. The van der Waals surface area contributed by atoms with E-state index in [0.717, 1.165) is 44.3 Å². The molecule has 0 aliphatic heterocycles. The Balaban J connectivity index is 2.08. The lowest BCUT2D eigenvalue weighted by Crippen LogP contribution is -2.33. The van der Waals surface area contributed by atoms with E-state index in [-0.39, 0.29) is 6.10 Å². The number of aliphatic hydroxyl groups excluding tert-OH is 1. The molecule has 0 aromatic carbocycles. The number of hydrogen-bond donors (Lipinski definition) is 1. The zero-order valence-electron chi connectivity index (χ0n) is 10.0. The topological polar surface area (TPSA) is 29.5 Å². The van der Waals surface area contributed by atoms with E-state index in [1.807, 2.05) is 6.92 Å². The summed E-state index contributed by atoms with van der Waals surface area (Å²) in [5.74, 6) is 0.668. The number of rotatable bonds is 7. The molecule has 1 saturated carbocycles. The third-order valence-electron chi connectivity index (χ3n) is 3.22. The molecule has 15 heavy (non-hydrogen) atoms. The van der Waals surface area contributed by atoms with Crippen molar-refractivity contribution < 1.29 is 9.84 Å². The molecule has 1 N–H and O–H groups in total. The van der Waals surface area contributed by atoms with Crippen LogP contribution >= 0.6 is 0 Å². The summed E-state index contributed by atoms with van der Waals surface area (Å²) in [4.78, 5) is 0. The van der Waals surface area contributed by atoms with Crippen LogP contribution in [0.3, 0.4) is 0 Å². The van der Waals surface area contributed by atoms with Gasteiger partial charge in [-0.25, -0.2) is 0 Å². The van der Waals surface area contributed by atoms with Gasteiger partial charge in [0.25, 0.3) is 0 Å². The van der Waals surface area contributed by atoms with Gasteiger partial charge in [-0.3, -0.25) is 0 Å². The zero-order chi connectivity index (χ0) is 11.3. The van der Waals surface area contributed by atoms with Crippen molar-refractivity contribution in [1.29, 1.82) is 0 Å². The van der Waals surface area contributed by atoms with E-state index in [1.54, 1.807) is 0 Å². The van der Waals surface area contributed by atoms with Gasteiger partial charge in [0.2, 0.25) is 0 Å². The van der Waals surface area contributed by atoms with Crippen molar-refractivity contribution in [2.75, 3.05) is 6.61 Å². The molecule has 2 nitrogen and oxygen atoms in total. The predicted octanol–water partition coefficient (Wildman–Crippen LogP) is 2.91. The smallest absolute Gasteiger partial charge is 0.0580 e. The minimum atomic E-state index is -0.190. The van der Waals surface area contributed by atoms with E-state index in [2.05, 4.69) is 13.5 Å². The van der Waals surface area contributed by atoms with E-state index in [4.69, 9.17) is 4.74 Å². The number of aliphatic hydroxyl groups is 1. The van der Waals surface area contributed by atoms with Crippen LogP contribution < -0.4 is 0 Å². The molecule has 0 aromatic rings. The van der Waals surface area contributed by atoms with Crippen LogP contribution in [0.15, 0.2) is 12.2 Å². The number of hydrogen-bond acceptors (Lipinski definition) is 2. The summed E-state index contributed by atoms with van der Waals surface area (Å²) in [5.41, 5.74) is 1.16. The largest absolute Gasteiger partial charge is 0.393 e. The van der Waals surface area contributed by atoms with Crippen LogP contribution in [0.4, 0.5) is 0 Å². The van der Waals surface area contributed by atoms with Crippen LogP contribution in [0.1, 0.15) is 46.0 Å². The van der Waals surface area contributed by atoms with Gasteiger partial charge in [-0.2, -0.15) is 0 Å². The number of ether oxygens (including phenoxy) is 1. The summed E-state index contributed by atoms with van der Waals surface area (Å²) in [6.07, 6.45) is 5.19. The van der Waals surface area contributed by atoms with E-state index in [1.165, 1.54) is 0 Å². The maximum absolute atomic E-state index is 9.80. The summed E-state index contributed by atoms with van der Waals surface area (Å²) in [6, 6.07) is 0. The van der Waals surface area contributed by atoms with Crippen LogP contribution in [0.2, 0.25) is 0 Å². The summed E-state index contributed by atoms with van der Waals surface area (Å²) in [7, 11) is 0. The molecular formula is C13H24O2. The Morgan fingerprint density at radius 1 is 1.47 bits per heavy atom. The Hall–Kier alpha value is -0.340. The Kier molecular flexibility index (Phi) is 5.34. The quantitative estimate of drug-likeness (QED) is 0.657. The highest BCUT2D eigenvalue weighted by Gasteiger charge is 2.30. The second-order valence-electron chi connectivity index (χ2n) is 4.61. The molecule has 1 aliphatic carbocycles. The fraction of sp³-hybridized carbons (Fsp3) is 0.846. The first kappa shape index (κ1) is 12.7. The molecule has 0 radical (unpaired) electrons. The standard InChI is InChI=1S/C13H24O2/c1-4-10(3)6-12(14)7-11-8-13(9-11)15-5-2/h11-14H,3-9H2,1-2H3. The average molecular weight is 212 g/mol. The highest BCUT2D eigenvalue weighted by Crippen LogP contribution is 2.34. The maximum atomic E-state index is 9.80. The van der Waals surface area contributed by atoms with E-state index >= 15 is 0 Å². The third-order valence-corrected chi connectivity index (χ3v) is 3.22. The second-order valence-corrected chi connectivity index (χ2v) is 4.61. The molecule has 0 amide bonds. The van der Waals surface area contributed by atoms with Gasteiger partial charge >= 0.3 is 0 Å². The lowest BCUT2D eigenvalue weighted by molar-refractivity contribution is -0.0375. The first-order valence-corrected chi connectivity index (χ1v) is 6.12. The third kappa shape index (κ3) is 4.35. The fourth-order valence-corrected chi connectivity index (χ4v) is 2.18. The normalized spacial score (nSPS) is 27.1. The molecule has 2 heteroatoms. The van der Waals surface area contributed by atoms with Gasteiger partial charge in [0.1, 0.15) is 0 Å². The summed E-state index contributed by atoms with van der Waals surface area (Å²) in [5, 5.41) is 9.80. The van der Waals surface area contributed by atoms with Crippen molar-refractivity contribution in [2.24, 2.45) is 5.92 Å². The zero-order valence-corrected chi connectivity index (χ0v) is 10.0. The summed E-state index contributed by atoms with van der Waals surface area (Å²) in [6.45, 7) is 8.86. The molecule has 0 spiro atoms. The molecular weight excluding hydrogens is 188 g/mol. The van der Waals surface area contributed by atoms with E-state index in [9.17, 15) is 5.11 Å². The van der Waals surface area contributed by atoms with Crippen molar-refractivity contribution in [3.8, 4) is 0 Å². The lowest BCUT2D eigenvalue weighted by Gasteiger charge is -2.36. The molecule has 88 valence electrons. The molecule has 1 aliphatic rings. The van der Waals surface area contributed by atoms with Gasteiger partial charge in [-0.15, -0.1) is 0 Å². The first-order valence-electron chi connectivity index (χ1n) is 6.12. The molecule has 1 rings (SSSR count). The fourth-order valence-electron chi connectivity index (χ4n) is 2.18. The molecule has 0 saturated heterocycles. The molecule has 0 bridgehead atoms. The monoisotopic (exact) mass is 212 g/mol. The van der Waals surface area contributed by atoms with Crippen molar-refractivity contribution in [3.05, 3.63) is 12.2 Å². The average Bonchev–Trinajstić information content (AvgIpc) is 2.14. The first-order chi connectivity index (χ1) is 7.15.